The Kier molecular flexibility index (Phi) is 7.46. The Balaban J connectivity index is 1.14. The number of hydrogen-bond acceptors (Lipinski definition) is 5. The summed E-state index contributed by atoms with van der Waals surface area (Å²) in [5.41, 5.74) is 2.02. The molecule has 0 aliphatic carbocycles. The molecule has 3 atom stereocenters. The molecule has 2 unspecified atom stereocenters. The van der Waals surface area contributed by atoms with E-state index in [1.54, 1.807) is 6.07 Å². The van der Waals surface area contributed by atoms with Crippen LogP contribution >= 0.6 is 0 Å². The molecule has 2 aliphatic rings. The Bertz CT molecular complexity index is 1310. The number of anilines is 1. The summed E-state index contributed by atoms with van der Waals surface area (Å²) in [7, 11) is 0. The molecule has 2 heterocycles. The van der Waals surface area contributed by atoms with Gasteiger partial charge in [-0.3, -0.25) is 14.5 Å². The molecule has 37 heavy (non-hydrogen) atoms. The van der Waals surface area contributed by atoms with Crippen molar-refractivity contribution in [1.29, 1.82) is 0 Å². The molecule has 3 aromatic carbocycles. The van der Waals surface area contributed by atoms with E-state index < -0.39 is 18.4 Å². The fourth-order valence-corrected chi connectivity index (χ4v) is 5.09. The van der Waals surface area contributed by atoms with Crippen LogP contribution in [-0.4, -0.2) is 56.2 Å². The molecule has 2 aliphatic heterocycles. The highest BCUT2D eigenvalue weighted by atomic mass is 19.1. The van der Waals surface area contributed by atoms with E-state index in [0.29, 0.717) is 24.2 Å². The molecule has 0 spiro atoms. The zero-order valence-electron chi connectivity index (χ0n) is 20.5. The van der Waals surface area contributed by atoms with Gasteiger partial charge in [0.25, 0.3) is 0 Å². The Morgan fingerprint density at radius 2 is 1.81 bits per heavy atom. The van der Waals surface area contributed by atoms with Crippen molar-refractivity contribution in [3.05, 3.63) is 77.9 Å². The molecule has 2 fully saturated rings. The fraction of sp³-hybridized carbons (Fsp3) is 0.345. The van der Waals surface area contributed by atoms with Gasteiger partial charge in [-0.25, -0.2) is 9.18 Å². The number of benzene rings is 3. The summed E-state index contributed by atoms with van der Waals surface area (Å²) in [4.78, 5) is 39.2. The average molecular weight is 504 g/mol. The SMILES string of the molecule is O=C(CCC(=O)c1ccc2ccccc2c1)NCC1CN(c2ccccc2C2CCNC[C@H]2F)C(=O)O1. The molecule has 8 heteroatoms. The monoisotopic (exact) mass is 503 g/mol. The van der Waals surface area contributed by atoms with E-state index in [0.717, 1.165) is 22.9 Å². The molecule has 2 saturated heterocycles. The van der Waals surface area contributed by atoms with E-state index in [2.05, 4.69) is 10.6 Å². The number of cyclic esters (lactones) is 1. The molecule has 0 saturated carbocycles. The number of rotatable bonds is 8. The largest absolute Gasteiger partial charge is 0.442 e. The number of carbonyl (C=O) groups excluding carboxylic acids is 3. The van der Waals surface area contributed by atoms with Crippen molar-refractivity contribution in [3.63, 3.8) is 0 Å². The number of fused-ring (bicyclic) bond motifs is 1. The van der Waals surface area contributed by atoms with Gasteiger partial charge in [-0.2, -0.15) is 0 Å². The van der Waals surface area contributed by atoms with Gasteiger partial charge in [0, 0.05) is 30.9 Å². The maximum absolute atomic E-state index is 14.6. The lowest BCUT2D eigenvalue weighted by molar-refractivity contribution is -0.121. The van der Waals surface area contributed by atoms with Crippen LogP contribution in [0.3, 0.4) is 0 Å². The highest BCUT2D eigenvalue weighted by Crippen LogP contribution is 2.36. The molecule has 5 rings (SSSR count). The topological polar surface area (TPSA) is 87.7 Å². The van der Waals surface area contributed by atoms with Gasteiger partial charge in [-0.15, -0.1) is 0 Å². The Labute approximate surface area is 215 Å². The summed E-state index contributed by atoms with van der Waals surface area (Å²) in [6.07, 6.45) is -1.28. The quantitative estimate of drug-likeness (QED) is 0.446. The minimum Gasteiger partial charge on any atom is -0.442 e. The summed E-state index contributed by atoms with van der Waals surface area (Å²) >= 11 is 0. The molecule has 0 radical (unpaired) electrons. The molecule has 2 N–H and O–H groups in total. The van der Waals surface area contributed by atoms with Crippen molar-refractivity contribution >= 4 is 34.2 Å². The zero-order valence-corrected chi connectivity index (χ0v) is 20.5. The predicted molar refractivity (Wildman–Crippen MR) is 140 cm³/mol. The van der Waals surface area contributed by atoms with E-state index in [1.165, 1.54) is 4.90 Å². The molecule has 0 bridgehead atoms. The van der Waals surface area contributed by atoms with E-state index in [1.807, 2.05) is 60.7 Å². The third-order valence-electron chi connectivity index (χ3n) is 7.09. The third-order valence-corrected chi connectivity index (χ3v) is 7.09. The lowest BCUT2D eigenvalue weighted by Crippen LogP contribution is -2.38. The third kappa shape index (κ3) is 5.64. The fourth-order valence-electron chi connectivity index (χ4n) is 5.09. The first-order chi connectivity index (χ1) is 18.0. The summed E-state index contributed by atoms with van der Waals surface area (Å²) in [5, 5.41) is 7.87. The Hall–Kier alpha value is -3.78. The van der Waals surface area contributed by atoms with Crippen LogP contribution in [0.15, 0.2) is 66.7 Å². The predicted octanol–water partition coefficient (Wildman–Crippen LogP) is 4.36. The van der Waals surface area contributed by atoms with Gasteiger partial charge in [0.15, 0.2) is 5.78 Å². The van der Waals surface area contributed by atoms with Crippen LogP contribution in [0.4, 0.5) is 14.9 Å². The van der Waals surface area contributed by atoms with Crippen LogP contribution < -0.4 is 15.5 Å². The van der Waals surface area contributed by atoms with Gasteiger partial charge in [0.1, 0.15) is 12.3 Å². The number of ketones is 1. The number of para-hydroxylation sites is 1. The van der Waals surface area contributed by atoms with Crippen LogP contribution in [0.2, 0.25) is 0 Å². The molecular formula is C29H30FN3O4. The molecule has 7 nitrogen and oxygen atoms in total. The van der Waals surface area contributed by atoms with E-state index >= 15 is 0 Å². The van der Waals surface area contributed by atoms with Gasteiger partial charge >= 0.3 is 6.09 Å². The normalized spacial score (nSPS) is 21.6. The lowest BCUT2D eigenvalue weighted by atomic mass is 9.87. The number of carbonyl (C=O) groups is 3. The second-order valence-electron chi connectivity index (χ2n) is 9.58. The number of nitrogens with zero attached hydrogens (tertiary/aromatic N) is 1. The summed E-state index contributed by atoms with van der Waals surface area (Å²) in [6, 6.07) is 20.7. The standard InChI is InChI=1S/C29H30FN3O4/c30-25-17-31-14-13-23(25)24-7-3-4-8-26(24)33-18-22(37-29(33)36)16-32-28(35)12-11-27(34)21-10-9-19-5-1-2-6-20(19)15-21/h1-10,15,22-23,25,31H,11-14,16-18H2,(H,32,35)/t22?,23?,25-/m1/s1. The number of alkyl halides is 1. The number of hydrogen-bond donors (Lipinski definition) is 2. The van der Waals surface area contributed by atoms with Crippen molar-refractivity contribution in [2.75, 3.05) is 31.1 Å². The first-order valence-corrected chi connectivity index (χ1v) is 12.7. The minimum atomic E-state index is -1.03. The zero-order chi connectivity index (χ0) is 25.8. The van der Waals surface area contributed by atoms with Crippen molar-refractivity contribution < 1.29 is 23.5 Å². The summed E-state index contributed by atoms with van der Waals surface area (Å²) in [5.74, 6) is -0.664. The smallest absolute Gasteiger partial charge is 0.414 e. The Morgan fingerprint density at radius 3 is 2.65 bits per heavy atom. The number of piperidine rings is 1. The summed E-state index contributed by atoms with van der Waals surface area (Å²) < 4.78 is 20.1. The average Bonchev–Trinajstić information content (AvgIpc) is 3.30. The lowest BCUT2D eigenvalue weighted by Gasteiger charge is -2.30. The highest BCUT2D eigenvalue weighted by molar-refractivity contribution is 6.01. The van der Waals surface area contributed by atoms with Crippen molar-refractivity contribution in [3.8, 4) is 0 Å². The van der Waals surface area contributed by atoms with E-state index in [9.17, 15) is 18.8 Å². The summed E-state index contributed by atoms with van der Waals surface area (Å²) in [6.45, 7) is 1.42. The maximum atomic E-state index is 14.6. The van der Waals surface area contributed by atoms with Crippen LogP contribution in [0.1, 0.15) is 41.1 Å². The van der Waals surface area contributed by atoms with E-state index in [-0.39, 0.29) is 43.5 Å². The highest BCUT2D eigenvalue weighted by Gasteiger charge is 2.36. The van der Waals surface area contributed by atoms with Gasteiger partial charge < -0.3 is 15.4 Å². The van der Waals surface area contributed by atoms with Crippen molar-refractivity contribution in [2.24, 2.45) is 0 Å². The van der Waals surface area contributed by atoms with Gasteiger partial charge in [-0.1, -0.05) is 54.6 Å². The van der Waals surface area contributed by atoms with E-state index in [4.69, 9.17) is 4.74 Å². The van der Waals surface area contributed by atoms with Crippen LogP contribution in [-0.2, 0) is 9.53 Å². The van der Waals surface area contributed by atoms with Gasteiger partial charge in [-0.05, 0) is 41.4 Å². The number of nitrogens with one attached hydrogen (secondary N) is 2. The number of Topliss-reactive ketones (excluding diaryl/α,β-unsaturated/α-hetero) is 1. The van der Waals surface area contributed by atoms with Crippen LogP contribution in [0, 0.1) is 0 Å². The molecule has 2 amide bonds. The first-order valence-electron chi connectivity index (χ1n) is 12.7. The maximum Gasteiger partial charge on any atom is 0.414 e. The van der Waals surface area contributed by atoms with Crippen molar-refractivity contribution in [2.45, 2.75) is 37.5 Å². The second kappa shape index (κ2) is 11.1. The van der Waals surface area contributed by atoms with Gasteiger partial charge in [0.05, 0.1) is 18.8 Å². The molecule has 192 valence electrons. The molecule has 0 aromatic heterocycles. The number of halogens is 1. The minimum absolute atomic E-state index is 0.0481. The molecular weight excluding hydrogens is 473 g/mol. The number of ether oxygens (including phenoxy) is 1. The Morgan fingerprint density at radius 1 is 1.03 bits per heavy atom. The molecule has 3 aromatic rings. The van der Waals surface area contributed by atoms with Crippen molar-refractivity contribution in [1.82, 2.24) is 10.6 Å². The second-order valence-corrected chi connectivity index (χ2v) is 9.58. The first kappa shape index (κ1) is 24.9. The van der Waals surface area contributed by atoms with Gasteiger partial charge in [0.2, 0.25) is 5.91 Å². The number of amides is 2. The van der Waals surface area contributed by atoms with Crippen LogP contribution in [0.5, 0.6) is 0 Å². The van der Waals surface area contributed by atoms with Crippen LogP contribution in [0.25, 0.3) is 10.8 Å².